The highest BCUT2D eigenvalue weighted by Crippen LogP contribution is 2.08. The quantitative estimate of drug-likeness (QED) is 0.0652. The van der Waals surface area contributed by atoms with Crippen LogP contribution >= 0.6 is 0 Å². The van der Waals surface area contributed by atoms with Crippen molar-refractivity contribution >= 4 is 11.9 Å². The second kappa shape index (κ2) is 38.3. The van der Waals surface area contributed by atoms with Crippen molar-refractivity contribution in [2.45, 2.75) is 59.2 Å². The van der Waals surface area contributed by atoms with E-state index in [1.165, 1.54) is 0 Å². The van der Waals surface area contributed by atoms with Crippen molar-refractivity contribution in [3.05, 3.63) is 0 Å². The molecule has 322 valence electrons. The van der Waals surface area contributed by atoms with Gasteiger partial charge in [-0.15, -0.1) is 0 Å². The number of hydrogen-bond acceptors (Lipinski definition) is 17. The van der Waals surface area contributed by atoms with E-state index in [4.69, 9.17) is 71.1 Å². The van der Waals surface area contributed by atoms with Crippen LogP contribution in [0.4, 0.5) is 0 Å². The molecule has 17 heteroatoms. The van der Waals surface area contributed by atoms with Gasteiger partial charge in [-0.2, -0.15) is 0 Å². The van der Waals surface area contributed by atoms with Crippen LogP contribution in [0.3, 0.4) is 0 Å². The Morgan fingerprint density at radius 2 is 0.463 bits per heavy atom. The van der Waals surface area contributed by atoms with Crippen LogP contribution in [0.5, 0.6) is 0 Å². The van der Waals surface area contributed by atoms with Crippen molar-refractivity contribution < 1.29 is 80.6 Å². The summed E-state index contributed by atoms with van der Waals surface area (Å²) in [5.74, 6) is -0.660. The van der Waals surface area contributed by atoms with Crippen molar-refractivity contribution in [3.8, 4) is 0 Å². The number of hydrogen-bond donors (Lipinski definition) is 0. The molecule has 0 aromatic carbocycles. The number of rotatable bonds is 41. The van der Waals surface area contributed by atoms with E-state index in [1.54, 1.807) is 0 Å². The first-order valence-electron chi connectivity index (χ1n) is 18.9. The first-order valence-corrected chi connectivity index (χ1v) is 18.9. The van der Waals surface area contributed by atoms with Crippen molar-refractivity contribution in [3.63, 3.8) is 0 Å². The summed E-state index contributed by atoms with van der Waals surface area (Å²) in [5.41, 5.74) is -0.995. The molecular formula is C37H72O17. The lowest BCUT2D eigenvalue weighted by atomic mass is 10.2. The van der Waals surface area contributed by atoms with E-state index < -0.39 is 17.2 Å². The largest absolute Gasteiger partial charge is 0.460 e. The zero-order valence-corrected chi connectivity index (χ0v) is 34.0. The van der Waals surface area contributed by atoms with E-state index in [9.17, 15) is 9.59 Å². The molecule has 0 N–H and O–H groups in total. The summed E-state index contributed by atoms with van der Waals surface area (Å²) in [5, 5.41) is 0. The van der Waals surface area contributed by atoms with Gasteiger partial charge in [0.15, 0.2) is 0 Å². The Morgan fingerprint density at radius 3 is 0.685 bits per heavy atom. The zero-order valence-electron chi connectivity index (χ0n) is 34.0. The molecule has 0 saturated carbocycles. The second-order valence-electron chi connectivity index (χ2n) is 13.3. The zero-order chi connectivity index (χ0) is 39.9. The highest BCUT2D eigenvalue weighted by Gasteiger charge is 2.16. The van der Waals surface area contributed by atoms with Gasteiger partial charge in [-0.05, 0) is 41.5 Å². The van der Waals surface area contributed by atoms with Crippen molar-refractivity contribution in [1.29, 1.82) is 0 Å². The number of ether oxygens (including phenoxy) is 15. The second-order valence-corrected chi connectivity index (χ2v) is 13.3. The molecule has 0 aliphatic carbocycles. The maximum absolute atomic E-state index is 11.6. The van der Waals surface area contributed by atoms with E-state index in [2.05, 4.69) is 0 Å². The Balaban J connectivity index is 3.13. The van der Waals surface area contributed by atoms with Gasteiger partial charge >= 0.3 is 11.9 Å². The smallest absolute Gasteiger partial charge is 0.332 e. The molecule has 0 atom stereocenters. The molecule has 0 radical (unpaired) electrons. The fraction of sp³-hybridized carbons (Fsp3) is 0.946. The molecule has 17 nitrogen and oxygen atoms in total. The molecule has 0 aromatic rings. The summed E-state index contributed by atoms with van der Waals surface area (Å²) in [6.07, 6.45) is 0.227. The number of esters is 2. The van der Waals surface area contributed by atoms with Gasteiger partial charge in [0, 0.05) is 0 Å². The predicted molar refractivity (Wildman–Crippen MR) is 197 cm³/mol. The van der Waals surface area contributed by atoms with E-state index in [1.807, 2.05) is 41.5 Å². The normalized spacial score (nSPS) is 12.0. The highest BCUT2D eigenvalue weighted by atomic mass is 16.6. The van der Waals surface area contributed by atoms with E-state index >= 15 is 0 Å². The summed E-state index contributed by atoms with van der Waals surface area (Å²) in [6.45, 7) is 22.2. The lowest BCUT2D eigenvalue weighted by Gasteiger charge is -2.19. The Kier molecular flexibility index (Phi) is 37.2. The molecule has 0 amide bonds. The van der Waals surface area contributed by atoms with Crippen LogP contribution in [-0.2, 0) is 80.6 Å². The average molecular weight is 789 g/mol. The minimum atomic E-state index is -0.516. The van der Waals surface area contributed by atoms with Gasteiger partial charge in [0.25, 0.3) is 0 Å². The van der Waals surface area contributed by atoms with Crippen LogP contribution in [0.25, 0.3) is 0 Å². The molecule has 54 heavy (non-hydrogen) atoms. The van der Waals surface area contributed by atoms with E-state index in [-0.39, 0.29) is 19.0 Å². The molecule has 0 saturated heterocycles. The predicted octanol–water partition coefficient (Wildman–Crippen LogP) is 2.28. The fourth-order valence-electron chi connectivity index (χ4n) is 3.71. The summed E-state index contributed by atoms with van der Waals surface area (Å²) in [4.78, 5) is 23.1. The van der Waals surface area contributed by atoms with Crippen LogP contribution in [0.15, 0.2) is 0 Å². The maximum atomic E-state index is 11.6. The Bertz CT molecular complexity index is 753. The van der Waals surface area contributed by atoms with Crippen LogP contribution in [-0.4, -0.2) is 195 Å². The average Bonchev–Trinajstić information content (AvgIpc) is 3.09. The standard InChI is InChI=1S/C37H72O17/c1-36(2,3)53-34(38)7-8-40-9-10-41-11-12-42-13-14-43-15-16-44-17-18-45-19-20-46-21-22-47-23-24-48-25-26-49-27-28-50-29-30-51-31-32-52-33-35(39)54-37(4,5)6/h7-33H2,1-6H3. The molecular weight excluding hydrogens is 716 g/mol. The minimum Gasteiger partial charge on any atom is -0.460 e. The molecule has 0 bridgehead atoms. The number of carbonyl (C=O) groups is 2. The topological polar surface area (TPSA) is 173 Å². The molecule has 0 spiro atoms. The third kappa shape index (κ3) is 46.6. The van der Waals surface area contributed by atoms with Gasteiger partial charge in [0.1, 0.15) is 17.8 Å². The summed E-state index contributed by atoms with van der Waals surface area (Å²) in [6, 6.07) is 0. The molecule has 0 rings (SSSR count). The van der Waals surface area contributed by atoms with Gasteiger partial charge in [0.05, 0.1) is 172 Å². The van der Waals surface area contributed by atoms with Gasteiger partial charge in [-0.25, -0.2) is 4.79 Å². The highest BCUT2D eigenvalue weighted by molar-refractivity contribution is 5.71. The molecule has 0 heterocycles. The monoisotopic (exact) mass is 788 g/mol. The van der Waals surface area contributed by atoms with Gasteiger partial charge in [-0.1, -0.05) is 0 Å². The Morgan fingerprint density at radius 1 is 0.278 bits per heavy atom. The van der Waals surface area contributed by atoms with Crippen LogP contribution < -0.4 is 0 Å². The fourth-order valence-corrected chi connectivity index (χ4v) is 3.71. The van der Waals surface area contributed by atoms with Crippen LogP contribution in [0, 0.1) is 0 Å². The Hall–Kier alpha value is -1.58. The molecule has 0 unspecified atom stereocenters. The van der Waals surface area contributed by atoms with Gasteiger partial charge in [-0.3, -0.25) is 4.79 Å². The third-order valence-corrected chi connectivity index (χ3v) is 5.97. The first-order chi connectivity index (χ1) is 26.0. The van der Waals surface area contributed by atoms with E-state index in [0.29, 0.717) is 165 Å². The van der Waals surface area contributed by atoms with Crippen molar-refractivity contribution in [2.24, 2.45) is 0 Å². The Labute approximate surface area is 323 Å². The molecule has 0 aromatic heterocycles. The third-order valence-electron chi connectivity index (χ3n) is 5.97. The lowest BCUT2D eigenvalue weighted by Crippen LogP contribution is -2.27. The van der Waals surface area contributed by atoms with Crippen LogP contribution in [0.1, 0.15) is 48.0 Å². The van der Waals surface area contributed by atoms with Gasteiger partial charge in [0.2, 0.25) is 0 Å². The molecule has 0 aliphatic rings. The number of carbonyl (C=O) groups excluding carboxylic acids is 2. The van der Waals surface area contributed by atoms with Crippen LogP contribution in [0.2, 0.25) is 0 Å². The van der Waals surface area contributed by atoms with Gasteiger partial charge < -0.3 is 71.1 Å². The van der Waals surface area contributed by atoms with Crippen molar-refractivity contribution in [2.75, 3.05) is 172 Å². The maximum Gasteiger partial charge on any atom is 0.332 e. The van der Waals surface area contributed by atoms with E-state index in [0.717, 1.165) is 0 Å². The SMILES string of the molecule is CC(C)(C)OC(=O)CCOCCOCCOCCOCCOCCOCCOCCOCCOCCOCCOCCOCCOCC(=O)OC(C)(C)C. The first kappa shape index (κ1) is 52.4. The summed E-state index contributed by atoms with van der Waals surface area (Å²) >= 11 is 0. The summed E-state index contributed by atoms with van der Waals surface area (Å²) in [7, 11) is 0. The molecule has 0 aliphatic heterocycles. The summed E-state index contributed by atoms with van der Waals surface area (Å²) < 4.78 is 81.0. The lowest BCUT2D eigenvalue weighted by molar-refractivity contribution is -0.161. The minimum absolute atomic E-state index is 0.0884. The van der Waals surface area contributed by atoms with Crippen molar-refractivity contribution in [1.82, 2.24) is 0 Å². The molecule has 0 fully saturated rings.